The average molecular weight is 277 g/mol. The van der Waals surface area contributed by atoms with Crippen LogP contribution in [0, 0.1) is 0 Å². The maximum Gasteiger partial charge on any atom is 0.240 e. The molecule has 100 valence electrons. The molecular weight excluding hydrogens is 262 g/mol. The number of nitrogens with zero attached hydrogens (tertiary/aromatic N) is 1. The summed E-state index contributed by atoms with van der Waals surface area (Å²) in [6, 6.07) is 10.2. The number of aromatic nitrogens is 1. The van der Waals surface area contributed by atoms with E-state index < -0.39 is 10.0 Å². The van der Waals surface area contributed by atoms with Gasteiger partial charge in [-0.3, -0.25) is 4.98 Å². The number of benzene rings is 1. The third kappa shape index (κ3) is 3.52. The van der Waals surface area contributed by atoms with Crippen molar-refractivity contribution < 1.29 is 8.42 Å². The molecule has 0 saturated carbocycles. The lowest BCUT2D eigenvalue weighted by molar-refractivity contribution is 0.581. The summed E-state index contributed by atoms with van der Waals surface area (Å²) in [5, 5.41) is 2.94. The molecule has 0 amide bonds. The highest BCUT2D eigenvalue weighted by molar-refractivity contribution is 7.89. The van der Waals surface area contributed by atoms with Crippen molar-refractivity contribution in [2.24, 2.45) is 0 Å². The molecule has 0 saturated heterocycles. The Morgan fingerprint density at radius 3 is 2.47 bits per heavy atom. The first-order chi connectivity index (χ1) is 9.12. The number of nitrogens with one attached hydrogen (secondary N) is 2. The summed E-state index contributed by atoms with van der Waals surface area (Å²) in [4.78, 5) is 4.18. The summed E-state index contributed by atoms with van der Waals surface area (Å²) in [6.45, 7) is 0.226. The van der Waals surface area contributed by atoms with Gasteiger partial charge in [-0.05, 0) is 35.9 Å². The van der Waals surface area contributed by atoms with E-state index in [0.29, 0.717) is 0 Å². The van der Waals surface area contributed by atoms with Crippen molar-refractivity contribution in [3.63, 3.8) is 0 Å². The van der Waals surface area contributed by atoms with Crippen LogP contribution in [0.2, 0.25) is 0 Å². The zero-order valence-corrected chi connectivity index (χ0v) is 11.3. The van der Waals surface area contributed by atoms with E-state index in [2.05, 4.69) is 15.0 Å². The Labute approximate surface area is 112 Å². The van der Waals surface area contributed by atoms with E-state index >= 15 is 0 Å². The van der Waals surface area contributed by atoms with Crippen LogP contribution in [-0.4, -0.2) is 20.4 Å². The van der Waals surface area contributed by atoms with Gasteiger partial charge in [-0.1, -0.05) is 6.07 Å². The molecule has 1 aromatic heterocycles. The molecule has 0 fully saturated rings. The monoisotopic (exact) mass is 277 g/mol. The quantitative estimate of drug-likeness (QED) is 0.871. The number of pyridine rings is 1. The van der Waals surface area contributed by atoms with Crippen molar-refractivity contribution in [2.75, 3.05) is 12.4 Å². The van der Waals surface area contributed by atoms with Crippen LogP contribution in [0.3, 0.4) is 0 Å². The van der Waals surface area contributed by atoms with E-state index in [9.17, 15) is 8.42 Å². The van der Waals surface area contributed by atoms with Crippen molar-refractivity contribution in [1.29, 1.82) is 0 Å². The fourth-order valence-corrected chi connectivity index (χ4v) is 2.58. The van der Waals surface area contributed by atoms with Gasteiger partial charge in [0, 0.05) is 31.7 Å². The second-order valence-electron chi connectivity index (χ2n) is 3.96. The molecule has 0 atom stereocenters. The minimum absolute atomic E-state index is 0.226. The van der Waals surface area contributed by atoms with Crippen LogP contribution < -0.4 is 10.0 Å². The van der Waals surface area contributed by atoms with E-state index in [-0.39, 0.29) is 11.4 Å². The van der Waals surface area contributed by atoms with Gasteiger partial charge in [-0.2, -0.15) is 0 Å². The maximum atomic E-state index is 12.1. The second-order valence-corrected chi connectivity index (χ2v) is 5.73. The van der Waals surface area contributed by atoms with E-state index in [1.54, 1.807) is 49.8 Å². The molecule has 0 aliphatic heterocycles. The molecular formula is C13H15N3O2S. The largest absolute Gasteiger partial charge is 0.388 e. The number of anilines is 1. The molecule has 2 N–H and O–H groups in total. The highest BCUT2D eigenvalue weighted by atomic mass is 32.2. The van der Waals surface area contributed by atoms with Gasteiger partial charge < -0.3 is 5.32 Å². The fraction of sp³-hybridized carbons (Fsp3) is 0.154. The van der Waals surface area contributed by atoms with E-state index in [4.69, 9.17) is 0 Å². The lowest BCUT2D eigenvalue weighted by atomic mass is 10.3. The van der Waals surface area contributed by atoms with Crippen molar-refractivity contribution in [3.05, 3.63) is 54.4 Å². The zero-order chi connectivity index (χ0) is 13.7. The van der Waals surface area contributed by atoms with E-state index in [1.165, 1.54) is 0 Å². The lowest BCUT2D eigenvalue weighted by Crippen LogP contribution is -2.23. The maximum absolute atomic E-state index is 12.1. The third-order valence-corrected chi connectivity index (χ3v) is 4.06. The standard InChI is InChI=1S/C13H15N3O2S/c1-14-12-4-6-13(7-5-12)19(17,18)16-10-11-3-2-8-15-9-11/h2-9,14,16H,10H2,1H3. The molecule has 0 radical (unpaired) electrons. The van der Waals surface area contributed by atoms with Gasteiger partial charge in [0.15, 0.2) is 0 Å². The summed E-state index contributed by atoms with van der Waals surface area (Å²) in [5.74, 6) is 0. The summed E-state index contributed by atoms with van der Waals surface area (Å²) in [6.07, 6.45) is 3.28. The van der Waals surface area contributed by atoms with Crippen molar-refractivity contribution in [2.45, 2.75) is 11.4 Å². The van der Waals surface area contributed by atoms with Crippen LogP contribution in [0.15, 0.2) is 53.7 Å². The summed E-state index contributed by atoms with van der Waals surface area (Å²) in [7, 11) is -1.71. The SMILES string of the molecule is CNc1ccc(S(=O)(=O)NCc2cccnc2)cc1. The van der Waals surface area contributed by atoms with Crippen LogP contribution in [0.25, 0.3) is 0 Å². The van der Waals surface area contributed by atoms with Crippen LogP contribution in [0.4, 0.5) is 5.69 Å². The molecule has 0 bridgehead atoms. The van der Waals surface area contributed by atoms with Gasteiger partial charge in [-0.15, -0.1) is 0 Å². The first kappa shape index (κ1) is 13.5. The first-order valence-corrected chi connectivity index (χ1v) is 7.26. The minimum Gasteiger partial charge on any atom is -0.388 e. The molecule has 5 nitrogen and oxygen atoms in total. The predicted molar refractivity (Wildman–Crippen MR) is 74.3 cm³/mol. The number of sulfonamides is 1. The van der Waals surface area contributed by atoms with Crippen LogP contribution in [-0.2, 0) is 16.6 Å². The Bertz CT molecular complexity index is 625. The van der Waals surface area contributed by atoms with Gasteiger partial charge in [0.2, 0.25) is 10.0 Å². The van der Waals surface area contributed by atoms with Gasteiger partial charge >= 0.3 is 0 Å². The Kier molecular flexibility index (Phi) is 4.13. The molecule has 2 aromatic rings. The molecule has 0 unspecified atom stereocenters. The van der Waals surface area contributed by atoms with Crippen LogP contribution in [0.5, 0.6) is 0 Å². The lowest BCUT2D eigenvalue weighted by Gasteiger charge is -2.07. The summed E-state index contributed by atoms with van der Waals surface area (Å²) in [5.41, 5.74) is 1.68. The van der Waals surface area contributed by atoms with E-state index in [0.717, 1.165) is 11.3 Å². The number of rotatable bonds is 5. The summed E-state index contributed by atoms with van der Waals surface area (Å²) < 4.78 is 26.6. The highest BCUT2D eigenvalue weighted by Crippen LogP contribution is 2.13. The molecule has 1 aromatic carbocycles. The Balaban J connectivity index is 2.09. The Morgan fingerprint density at radius 2 is 1.89 bits per heavy atom. The molecule has 0 aliphatic rings. The molecule has 2 rings (SSSR count). The van der Waals surface area contributed by atoms with Gasteiger partial charge in [-0.25, -0.2) is 13.1 Å². The van der Waals surface area contributed by atoms with Crippen molar-refractivity contribution in [1.82, 2.24) is 9.71 Å². The molecule has 19 heavy (non-hydrogen) atoms. The fourth-order valence-electron chi connectivity index (χ4n) is 1.57. The van der Waals surface area contributed by atoms with Gasteiger partial charge in [0.05, 0.1) is 4.90 Å². The van der Waals surface area contributed by atoms with E-state index in [1.807, 2.05) is 6.07 Å². The average Bonchev–Trinajstić information content (AvgIpc) is 2.46. The van der Waals surface area contributed by atoms with Crippen LogP contribution >= 0.6 is 0 Å². The number of hydrogen-bond donors (Lipinski definition) is 2. The Hall–Kier alpha value is -1.92. The zero-order valence-electron chi connectivity index (χ0n) is 10.5. The second kappa shape index (κ2) is 5.81. The van der Waals surface area contributed by atoms with Crippen molar-refractivity contribution >= 4 is 15.7 Å². The third-order valence-electron chi connectivity index (χ3n) is 2.64. The first-order valence-electron chi connectivity index (χ1n) is 5.78. The molecule has 6 heteroatoms. The summed E-state index contributed by atoms with van der Waals surface area (Å²) >= 11 is 0. The van der Waals surface area contributed by atoms with Crippen LogP contribution in [0.1, 0.15) is 5.56 Å². The van der Waals surface area contributed by atoms with Gasteiger partial charge in [0.1, 0.15) is 0 Å². The molecule has 0 spiro atoms. The predicted octanol–water partition coefficient (Wildman–Crippen LogP) is 1.60. The molecule has 0 aliphatic carbocycles. The Morgan fingerprint density at radius 1 is 1.16 bits per heavy atom. The smallest absolute Gasteiger partial charge is 0.240 e. The van der Waals surface area contributed by atoms with Gasteiger partial charge in [0.25, 0.3) is 0 Å². The highest BCUT2D eigenvalue weighted by Gasteiger charge is 2.13. The number of hydrogen-bond acceptors (Lipinski definition) is 4. The topological polar surface area (TPSA) is 71.1 Å². The normalized spacial score (nSPS) is 11.2. The minimum atomic E-state index is -3.49. The molecule has 1 heterocycles. The van der Waals surface area contributed by atoms with Crippen molar-refractivity contribution in [3.8, 4) is 0 Å².